The first kappa shape index (κ1) is 10.0. The predicted molar refractivity (Wildman–Crippen MR) is 50.9 cm³/mol. The van der Waals surface area contributed by atoms with E-state index in [0.717, 1.165) is 6.08 Å². The fourth-order valence-corrected chi connectivity index (χ4v) is 1.12. The second-order valence-corrected chi connectivity index (χ2v) is 2.93. The number of hydrogen-bond donors (Lipinski definition) is 1. The Hall–Kier alpha value is -1.06. The van der Waals surface area contributed by atoms with Crippen LogP contribution in [0.4, 0.5) is 0 Å². The van der Waals surface area contributed by atoms with Crippen molar-refractivity contribution in [3.8, 4) is 0 Å². The van der Waals surface area contributed by atoms with Gasteiger partial charge in [-0.3, -0.25) is 0 Å². The summed E-state index contributed by atoms with van der Waals surface area (Å²) in [6.07, 6.45) is 2.34. The lowest BCUT2D eigenvalue weighted by atomic mass is 10.2. The third kappa shape index (κ3) is 3.05. The van der Waals surface area contributed by atoms with Crippen LogP contribution < -0.4 is 0 Å². The molecular weight excluding hydrogens is 213 g/mol. The highest BCUT2D eigenvalue weighted by Crippen LogP contribution is 2.17. The Labute approximate surface area is 84.6 Å². The minimum atomic E-state index is -1.04. The number of carboxylic acid groups (broad SMARTS) is 1. The average molecular weight is 218 g/mol. The number of carbonyl (C=O) groups is 1. The molecular formula is C8H5Cl2NO2. The minimum absolute atomic E-state index is 0.185. The molecule has 0 fully saturated rings. The van der Waals surface area contributed by atoms with Gasteiger partial charge in [-0.15, -0.1) is 0 Å². The third-order valence-electron chi connectivity index (χ3n) is 1.25. The van der Waals surface area contributed by atoms with Gasteiger partial charge in [0.2, 0.25) is 0 Å². The third-order valence-corrected chi connectivity index (χ3v) is 1.76. The molecule has 1 heterocycles. The molecule has 0 spiro atoms. The Morgan fingerprint density at radius 2 is 2.15 bits per heavy atom. The SMILES string of the molecule is O=C(O)/C=C/c1ccc(Cl)nc1Cl. The Kier molecular flexibility index (Phi) is 3.28. The number of nitrogens with zero attached hydrogens (tertiary/aromatic N) is 1. The van der Waals surface area contributed by atoms with Crippen LogP contribution in [0.25, 0.3) is 6.08 Å². The van der Waals surface area contributed by atoms with Crippen molar-refractivity contribution in [3.05, 3.63) is 34.1 Å². The standard InChI is InChI=1S/C8H5Cl2NO2/c9-6-3-1-5(8(10)11-6)2-4-7(12)13/h1-4H,(H,12,13)/b4-2+. The Bertz CT molecular complexity index is 363. The van der Waals surface area contributed by atoms with Crippen molar-refractivity contribution >= 4 is 35.2 Å². The first-order valence-electron chi connectivity index (χ1n) is 3.32. The molecule has 0 atom stereocenters. The van der Waals surface area contributed by atoms with Gasteiger partial charge in [0.15, 0.2) is 0 Å². The molecule has 0 bridgehead atoms. The molecule has 3 nitrogen and oxygen atoms in total. The van der Waals surface area contributed by atoms with E-state index in [2.05, 4.69) is 4.98 Å². The molecule has 1 N–H and O–H groups in total. The summed E-state index contributed by atoms with van der Waals surface area (Å²) in [5.41, 5.74) is 0.522. The molecule has 0 aliphatic carbocycles. The van der Waals surface area contributed by atoms with Crippen molar-refractivity contribution in [1.82, 2.24) is 4.98 Å². The zero-order chi connectivity index (χ0) is 9.84. The van der Waals surface area contributed by atoms with Crippen LogP contribution >= 0.6 is 23.2 Å². The lowest BCUT2D eigenvalue weighted by molar-refractivity contribution is -0.131. The number of pyridine rings is 1. The first-order valence-corrected chi connectivity index (χ1v) is 4.08. The summed E-state index contributed by atoms with van der Waals surface area (Å²) in [6, 6.07) is 3.13. The number of rotatable bonds is 2. The molecule has 0 unspecified atom stereocenters. The first-order chi connectivity index (χ1) is 6.09. The smallest absolute Gasteiger partial charge is 0.328 e. The number of halogens is 2. The van der Waals surface area contributed by atoms with Gasteiger partial charge in [0.1, 0.15) is 10.3 Å². The molecule has 0 amide bonds. The van der Waals surface area contributed by atoms with E-state index in [1.165, 1.54) is 12.1 Å². The number of hydrogen-bond acceptors (Lipinski definition) is 2. The molecule has 0 aromatic carbocycles. The quantitative estimate of drug-likeness (QED) is 0.612. The number of aromatic nitrogens is 1. The summed E-state index contributed by atoms with van der Waals surface area (Å²) in [7, 11) is 0. The maximum absolute atomic E-state index is 10.2. The highest BCUT2D eigenvalue weighted by atomic mass is 35.5. The number of carboxylic acids is 1. The van der Waals surface area contributed by atoms with Gasteiger partial charge in [0, 0.05) is 11.6 Å². The van der Waals surface area contributed by atoms with Crippen molar-refractivity contribution in [1.29, 1.82) is 0 Å². The maximum Gasteiger partial charge on any atom is 0.328 e. The van der Waals surface area contributed by atoms with Gasteiger partial charge in [-0.1, -0.05) is 23.2 Å². The molecule has 1 aromatic rings. The summed E-state index contributed by atoms with van der Waals surface area (Å²) in [4.78, 5) is 13.9. The van der Waals surface area contributed by atoms with Gasteiger partial charge < -0.3 is 5.11 Å². The zero-order valence-electron chi connectivity index (χ0n) is 6.37. The molecule has 0 saturated carbocycles. The fraction of sp³-hybridized carbons (Fsp3) is 0. The molecule has 0 aliphatic heterocycles. The number of aliphatic carboxylic acids is 1. The van der Waals surface area contributed by atoms with Crippen molar-refractivity contribution in [2.45, 2.75) is 0 Å². The summed E-state index contributed by atoms with van der Waals surface area (Å²) < 4.78 is 0. The monoisotopic (exact) mass is 217 g/mol. The Morgan fingerprint density at radius 3 is 2.69 bits per heavy atom. The van der Waals surface area contributed by atoms with Gasteiger partial charge in [0.05, 0.1) is 0 Å². The summed E-state index contributed by atoms with van der Waals surface area (Å²) in [6.45, 7) is 0. The molecule has 1 aromatic heterocycles. The highest BCUT2D eigenvalue weighted by Gasteiger charge is 1.99. The fourth-order valence-electron chi connectivity index (χ4n) is 0.708. The van der Waals surface area contributed by atoms with Crippen LogP contribution in [0, 0.1) is 0 Å². The van der Waals surface area contributed by atoms with Crippen LogP contribution in [0.2, 0.25) is 10.3 Å². The summed E-state index contributed by atoms with van der Waals surface area (Å²) >= 11 is 11.2. The van der Waals surface area contributed by atoms with Gasteiger partial charge >= 0.3 is 5.97 Å². The van der Waals surface area contributed by atoms with Crippen molar-refractivity contribution in [2.75, 3.05) is 0 Å². The average Bonchev–Trinajstić information content (AvgIpc) is 2.02. The maximum atomic E-state index is 10.2. The predicted octanol–water partition coefficient (Wildman–Crippen LogP) is 2.49. The van der Waals surface area contributed by atoms with Crippen molar-refractivity contribution in [3.63, 3.8) is 0 Å². The van der Waals surface area contributed by atoms with Crippen LogP contribution in [0.5, 0.6) is 0 Å². The summed E-state index contributed by atoms with van der Waals surface area (Å²) in [5, 5.41) is 8.80. The van der Waals surface area contributed by atoms with Gasteiger partial charge in [-0.25, -0.2) is 9.78 Å². The Balaban J connectivity index is 2.96. The van der Waals surface area contributed by atoms with E-state index in [0.29, 0.717) is 5.56 Å². The largest absolute Gasteiger partial charge is 0.478 e. The van der Waals surface area contributed by atoms with Gasteiger partial charge in [0.25, 0.3) is 0 Å². The van der Waals surface area contributed by atoms with Gasteiger partial charge in [-0.05, 0) is 18.2 Å². The van der Waals surface area contributed by atoms with Crippen LogP contribution in [0.1, 0.15) is 5.56 Å². The molecule has 68 valence electrons. The topological polar surface area (TPSA) is 50.2 Å². The lowest BCUT2D eigenvalue weighted by Crippen LogP contribution is -1.87. The molecule has 1 rings (SSSR count). The van der Waals surface area contributed by atoms with Crippen LogP contribution in [0.15, 0.2) is 18.2 Å². The lowest BCUT2D eigenvalue weighted by Gasteiger charge is -1.96. The molecule has 0 radical (unpaired) electrons. The van der Waals surface area contributed by atoms with Crippen LogP contribution in [-0.2, 0) is 4.79 Å². The van der Waals surface area contributed by atoms with E-state index < -0.39 is 5.97 Å². The van der Waals surface area contributed by atoms with E-state index in [-0.39, 0.29) is 10.3 Å². The van der Waals surface area contributed by atoms with Gasteiger partial charge in [-0.2, -0.15) is 0 Å². The molecule has 13 heavy (non-hydrogen) atoms. The molecule has 5 heteroatoms. The van der Waals surface area contributed by atoms with E-state index in [1.807, 2.05) is 0 Å². The highest BCUT2D eigenvalue weighted by molar-refractivity contribution is 6.33. The van der Waals surface area contributed by atoms with Crippen molar-refractivity contribution < 1.29 is 9.90 Å². The molecule has 0 aliphatic rings. The second-order valence-electron chi connectivity index (χ2n) is 2.19. The second kappa shape index (κ2) is 4.25. The Morgan fingerprint density at radius 1 is 1.46 bits per heavy atom. The van der Waals surface area contributed by atoms with E-state index >= 15 is 0 Å². The van der Waals surface area contributed by atoms with Crippen molar-refractivity contribution in [2.24, 2.45) is 0 Å². The van der Waals surface area contributed by atoms with Crippen LogP contribution in [0.3, 0.4) is 0 Å². The minimum Gasteiger partial charge on any atom is -0.478 e. The van der Waals surface area contributed by atoms with Crippen LogP contribution in [-0.4, -0.2) is 16.1 Å². The zero-order valence-corrected chi connectivity index (χ0v) is 7.88. The normalized spacial score (nSPS) is 10.6. The molecule has 0 saturated heterocycles. The van der Waals surface area contributed by atoms with E-state index in [4.69, 9.17) is 28.3 Å². The summed E-state index contributed by atoms with van der Waals surface area (Å²) in [5.74, 6) is -1.04. The van der Waals surface area contributed by atoms with E-state index in [1.54, 1.807) is 6.07 Å². The van der Waals surface area contributed by atoms with E-state index in [9.17, 15) is 4.79 Å².